The number of halogens is 1. The van der Waals surface area contributed by atoms with Crippen molar-refractivity contribution in [3.63, 3.8) is 0 Å². The average Bonchev–Trinajstić information content (AvgIpc) is 2.34. The summed E-state index contributed by atoms with van der Waals surface area (Å²) < 4.78 is 6.56. The van der Waals surface area contributed by atoms with E-state index in [1.165, 1.54) is 5.56 Å². The van der Waals surface area contributed by atoms with E-state index in [0.717, 1.165) is 29.5 Å². The van der Waals surface area contributed by atoms with Gasteiger partial charge in [-0.1, -0.05) is 19.9 Å². The molecule has 0 saturated heterocycles. The van der Waals surface area contributed by atoms with E-state index in [1.807, 2.05) is 19.1 Å². The molecular formula is C15H21BrO3. The molecule has 0 aliphatic heterocycles. The Morgan fingerprint density at radius 1 is 1.47 bits per heavy atom. The van der Waals surface area contributed by atoms with Crippen LogP contribution in [-0.2, 0) is 11.2 Å². The number of aliphatic carboxylic acids is 1. The summed E-state index contributed by atoms with van der Waals surface area (Å²) in [5.41, 5.74) is 1.20. The molecular weight excluding hydrogens is 308 g/mol. The van der Waals surface area contributed by atoms with Crippen LogP contribution in [0, 0.1) is 5.92 Å². The minimum atomic E-state index is -0.725. The Morgan fingerprint density at radius 3 is 2.79 bits per heavy atom. The van der Waals surface area contributed by atoms with Crippen LogP contribution >= 0.6 is 15.9 Å². The molecule has 0 fully saturated rings. The molecule has 0 aliphatic carbocycles. The van der Waals surface area contributed by atoms with Crippen molar-refractivity contribution in [1.29, 1.82) is 0 Å². The van der Waals surface area contributed by atoms with Gasteiger partial charge in [0, 0.05) is 6.42 Å². The van der Waals surface area contributed by atoms with Crippen molar-refractivity contribution in [3.8, 4) is 5.75 Å². The fourth-order valence-electron chi connectivity index (χ4n) is 1.84. The van der Waals surface area contributed by atoms with Crippen molar-refractivity contribution in [2.45, 2.75) is 39.5 Å². The zero-order valence-corrected chi connectivity index (χ0v) is 13.1. The lowest BCUT2D eigenvalue weighted by molar-refractivity contribution is -0.138. The lowest BCUT2D eigenvalue weighted by Crippen LogP contribution is -2.05. The Balaban J connectivity index is 2.51. The van der Waals surface area contributed by atoms with Crippen LogP contribution in [-0.4, -0.2) is 17.7 Å². The van der Waals surface area contributed by atoms with Gasteiger partial charge in [0.25, 0.3) is 0 Å². The van der Waals surface area contributed by atoms with Crippen LogP contribution in [0.1, 0.15) is 38.7 Å². The zero-order chi connectivity index (χ0) is 14.3. The highest BCUT2D eigenvalue weighted by Gasteiger charge is 2.09. The first-order chi connectivity index (χ1) is 9.02. The van der Waals surface area contributed by atoms with Crippen LogP contribution < -0.4 is 4.74 Å². The van der Waals surface area contributed by atoms with E-state index in [4.69, 9.17) is 9.84 Å². The van der Waals surface area contributed by atoms with Gasteiger partial charge in [-0.2, -0.15) is 0 Å². The SMILES string of the molecule is CCCOc1ccc(CCC(C)CC(=O)O)cc1Br. The summed E-state index contributed by atoms with van der Waals surface area (Å²) in [6.45, 7) is 4.77. The van der Waals surface area contributed by atoms with E-state index in [-0.39, 0.29) is 12.3 Å². The molecule has 1 aromatic carbocycles. The number of hydrogen-bond acceptors (Lipinski definition) is 2. The quantitative estimate of drug-likeness (QED) is 0.774. The van der Waals surface area contributed by atoms with E-state index in [2.05, 4.69) is 28.9 Å². The first-order valence-electron chi connectivity index (χ1n) is 6.66. The number of rotatable bonds is 8. The highest BCUT2D eigenvalue weighted by Crippen LogP contribution is 2.27. The largest absolute Gasteiger partial charge is 0.492 e. The van der Waals surface area contributed by atoms with Crippen molar-refractivity contribution in [2.75, 3.05) is 6.61 Å². The van der Waals surface area contributed by atoms with E-state index in [0.29, 0.717) is 6.61 Å². The molecule has 0 spiro atoms. The number of carboxylic acid groups (broad SMARTS) is 1. The van der Waals surface area contributed by atoms with Gasteiger partial charge in [-0.15, -0.1) is 0 Å². The van der Waals surface area contributed by atoms with Crippen LogP contribution in [0.15, 0.2) is 22.7 Å². The number of aryl methyl sites for hydroxylation is 1. The van der Waals surface area contributed by atoms with Crippen LogP contribution in [0.4, 0.5) is 0 Å². The monoisotopic (exact) mass is 328 g/mol. The number of carboxylic acids is 1. The molecule has 0 saturated carbocycles. The first-order valence-corrected chi connectivity index (χ1v) is 7.45. The Kier molecular flexibility index (Phi) is 6.92. The molecule has 4 heteroatoms. The third-order valence-corrected chi connectivity index (χ3v) is 3.53. The van der Waals surface area contributed by atoms with Crippen molar-refractivity contribution in [2.24, 2.45) is 5.92 Å². The predicted molar refractivity (Wildman–Crippen MR) is 79.7 cm³/mol. The molecule has 0 amide bonds. The Labute approximate surface area is 123 Å². The van der Waals surface area contributed by atoms with Crippen molar-refractivity contribution >= 4 is 21.9 Å². The minimum Gasteiger partial charge on any atom is -0.492 e. The van der Waals surface area contributed by atoms with Gasteiger partial charge >= 0.3 is 5.97 Å². The molecule has 0 bridgehead atoms. The number of carbonyl (C=O) groups is 1. The van der Waals surface area contributed by atoms with Crippen LogP contribution in [0.5, 0.6) is 5.75 Å². The summed E-state index contributed by atoms with van der Waals surface area (Å²) in [4.78, 5) is 10.6. The number of benzene rings is 1. The Morgan fingerprint density at radius 2 is 2.21 bits per heavy atom. The molecule has 1 aromatic rings. The maximum atomic E-state index is 10.6. The number of ether oxygens (including phenoxy) is 1. The van der Waals surface area contributed by atoms with Gasteiger partial charge in [0.2, 0.25) is 0 Å². The molecule has 1 rings (SSSR count). The Bertz CT molecular complexity index is 418. The highest BCUT2D eigenvalue weighted by atomic mass is 79.9. The second-order valence-electron chi connectivity index (χ2n) is 4.85. The third kappa shape index (κ3) is 6.10. The molecule has 1 unspecified atom stereocenters. The highest BCUT2D eigenvalue weighted by molar-refractivity contribution is 9.10. The molecule has 1 atom stereocenters. The van der Waals surface area contributed by atoms with Crippen molar-refractivity contribution in [1.82, 2.24) is 0 Å². The molecule has 0 aromatic heterocycles. The van der Waals surface area contributed by atoms with E-state index in [9.17, 15) is 4.79 Å². The average molecular weight is 329 g/mol. The molecule has 106 valence electrons. The first kappa shape index (κ1) is 16.0. The number of hydrogen-bond donors (Lipinski definition) is 1. The second-order valence-corrected chi connectivity index (χ2v) is 5.71. The maximum Gasteiger partial charge on any atom is 0.303 e. The molecule has 0 radical (unpaired) electrons. The summed E-state index contributed by atoms with van der Waals surface area (Å²) >= 11 is 3.51. The molecule has 0 aliphatic rings. The smallest absolute Gasteiger partial charge is 0.303 e. The fraction of sp³-hybridized carbons (Fsp3) is 0.533. The topological polar surface area (TPSA) is 46.5 Å². The summed E-state index contributed by atoms with van der Waals surface area (Å²) in [5, 5.41) is 8.72. The summed E-state index contributed by atoms with van der Waals surface area (Å²) in [6, 6.07) is 6.07. The molecule has 19 heavy (non-hydrogen) atoms. The van der Waals surface area contributed by atoms with Crippen LogP contribution in [0.2, 0.25) is 0 Å². The van der Waals surface area contributed by atoms with Gasteiger partial charge in [-0.3, -0.25) is 4.79 Å². The van der Waals surface area contributed by atoms with E-state index < -0.39 is 5.97 Å². The zero-order valence-electron chi connectivity index (χ0n) is 11.5. The van der Waals surface area contributed by atoms with Gasteiger partial charge < -0.3 is 9.84 Å². The van der Waals surface area contributed by atoms with E-state index >= 15 is 0 Å². The standard InChI is InChI=1S/C15H21BrO3/c1-3-8-19-14-7-6-12(10-13(14)16)5-4-11(2)9-15(17)18/h6-7,10-11H,3-5,8-9H2,1-2H3,(H,17,18). The van der Waals surface area contributed by atoms with Gasteiger partial charge in [0.1, 0.15) is 5.75 Å². The molecule has 0 heterocycles. The lowest BCUT2D eigenvalue weighted by Gasteiger charge is -2.11. The second kappa shape index (κ2) is 8.20. The minimum absolute atomic E-state index is 0.201. The third-order valence-electron chi connectivity index (χ3n) is 2.91. The van der Waals surface area contributed by atoms with Gasteiger partial charge in [0.05, 0.1) is 11.1 Å². The van der Waals surface area contributed by atoms with Crippen molar-refractivity contribution < 1.29 is 14.6 Å². The maximum absolute atomic E-state index is 10.6. The molecule has 1 N–H and O–H groups in total. The van der Waals surface area contributed by atoms with Crippen LogP contribution in [0.25, 0.3) is 0 Å². The summed E-state index contributed by atoms with van der Waals surface area (Å²) in [7, 11) is 0. The summed E-state index contributed by atoms with van der Waals surface area (Å²) in [5.74, 6) is 0.341. The van der Waals surface area contributed by atoms with Crippen molar-refractivity contribution in [3.05, 3.63) is 28.2 Å². The van der Waals surface area contributed by atoms with Gasteiger partial charge in [-0.05, 0) is 58.8 Å². The normalized spacial score (nSPS) is 12.2. The van der Waals surface area contributed by atoms with Gasteiger partial charge in [-0.25, -0.2) is 0 Å². The summed E-state index contributed by atoms with van der Waals surface area (Å²) in [6.07, 6.45) is 2.99. The van der Waals surface area contributed by atoms with E-state index in [1.54, 1.807) is 0 Å². The van der Waals surface area contributed by atoms with Crippen LogP contribution in [0.3, 0.4) is 0 Å². The molecule has 3 nitrogen and oxygen atoms in total. The predicted octanol–water partition coefficient (Wildman–Crippen LogP) is 4.28. The van der Waals surface area contributed by atoms with Gasteiger partial charge in [0.15, 0.2) is 0 Å². The fourth-order valence-corrected chi connectivity index (χ4v) is 2.38. The Hall–Kier alpha value is -1.03. The lowest BCUT2D eigenvalue weighted by atomic mass is 9.98.